The Labute approximate surface area is 216 Å². The Morgan fingerprint density at radius 1 is 0.811 bits per heavy atom. The molecular formula is C26H29N3O7S. The van der Waals surface area contributed by atoms with E-state index in [2.05, 4.69) is 10.5 Å². The topological polar surface area (TPSA) is 116 Å². The predicted octanol–water partition coefficient (Wildman–Crippen LogP) is 3.46. The van der Waals surface area contributed by atoms with Crippen LogP contribution in [0.25, 0.3) is 0 Å². The van der Waals surface area contributed by atoms with Crippen molar-refractivity contribution in [2.75, 3.05) is 39.3 Å². The molecule has 0 aliphatic heterocycles. The van der Waals surface area contributed by atoms with Crippen molar-refractivity contribution in [1.82, 2.24) is 5.43 Å². The van der Waals surface area contributed by atoms with Crippen molar-refractivity contribution in [3.05, 3.63) is 72.3 Å². The summed E-state index contributed by atoms with van der Waals surface area (Å²) in [6.07, 6.45) is 0. The molecule has 0 fully saturated rings. The molecule has 0 saturated carbocycles. The number of nitrogens with zero attached hydrogens (tertiary/aromatic N) is 2. The maximum atomic E-state index is 13.6. The zero-order chi connectivity index (χ0) is 27.0. The Bertz CT molecular complexity index is 1380. The van der Waals surface area contributed by atoms with Gasteiger partial charge in [-0.05, 0) is 49.4 Å². The zero-order valence-corrected chi connectivity index (χ0v) is 22.0. The summed E-state index contributed by atoms with van der Waals surface area (Å²) in [5, 5.41) is 4.14. The highest BCUT2D eigenvalue weighted by Gasteiger charge is 2.28. The van der Waals surface area contributed by atoms with Crippen molar-refractivity contribution in [2.24, 2.45) is 5.10 Å². The summed E-state index contributed by atoms with van der Waals surface area (Å²) in [7, 11) is 1.77. The van der Waals surface area contributed by atoms with E-state index >= 15 is 0 Å². The Balaban J connectivity index is 1.88. The highest BCUT2D eigenvalue weighted by atomic mass is 32.2. The molecule has 0 saturated heterocycles. The second-order valence-corrected chi connectivity index (χ2v) is 9.53. The third kappa shape index (κ3) is 6.31. The summed E-state index contributed by atoms with van der Waals surface area (Å²) < 4.78 is 49.2. The van der Waals surface area contributed by atoms with Crippen LogP contribution in [-0.2, 0) is 14.8 Å². The van der Waals surface area contributed by atoms with Crippen LogP contribution in [0.1, 0.15) is 12.5 Å². The monoisotopic (exact) mass is 527 g/mol. The van der Waals surface area contributed by atoms with Crippen LogP contribution in [0.3, 0.4) is 0 Å². The van der Waals surface area contributed by atoms with Crippen LogP contribution in [-0.4, -0.2) is 55.0 Å². The van der Waals surface area contributed by atoms with Gasteiger partial charge in [-0.25, -0.2) is 13.8 Å². The maximum absolute atomic E-state index is 13.6. The van der Waals surface area contributed by atoms with E-state index in [0.717, 1.165) is 4.31 Å². The lowest BCUT2D eigenvalue weighted by molar-refractivity contribution is -0.119. The van der Waals surface area contributed by atoms with Gasteiger partial charge in [0.25, 0.3) is 15.9 Å². The summed E-state index contributed by atoms with van der Waals surface area (Å²) in [6, 6.07) is 17.8. The summed E-state index contributed by atoms with van der Waals surface area (Å²) in [4.78, 5) is 12.8. The normalized spacial score (nSPS) is 11.4. The summed E-state index contributed by atoms with van der Waals surface area (Å²) in [6.45, 7) is 1.19. The van der Waals surface area contributed by atoms with Gasteiger partial charge in [-0.3, -0.25) is 9.10 Å². The van der Waals surface area contributed by atoms with Gasteiger partial charge in [0, 0.05) is 11.6 Å². The Morgan fingerprint density at radius 2 is 1.38 bits per heavy atom. The first-order valence-electron chi connectivity index (χ1n) is 11.1. The molecule has 0 aliphatic carbocycles. The highest BCUT2D eigenvalue weighted by molar-refractivity contribution is 7.92. The van der Waals surface area contributed by atoms with Crippen molar-refractivity contribution in [2.45, 2.75) is 11.8 Å². The number of methoxy groups -OCH3 is 4. The van der Waals surface area contributed by atoms with E-state index in [0.29, 0.717) is 34.2 Å². The first-order chi connectivity index (χ1) is 17.7. The van der Waals surface area contributed by atoms with Crippen molar-refractivity contribution in [3.63, 3.8) is 0 Å². The van der Waals surface area contributed by atoms with E-state index in [1.807, 2.05) is 0 Å². The number of para-hydroxylation sites is 1. The molecule has 10 nitrogen and oxygen atoms in total. The lowest BCUT2D eigenvalue weighted by atomic mass is 10.1. The van der Waals surface area contributed by atoms with Crippen LogP contribution in [0.15, 0.2) is 76.7 Å². The number of hydrogen-bond acceptors (Lipinski definition) is 8. The van der Waals surface area contributed by atoms with Gasteiger partial charge in [0.2, 0.25) is 0 Å². The molecule has 1 N–H and O–H groups in total. The van der Waals surface area contributed by atoms with Gasteiger partial charge in [0.05, 0.1) is 44.7 Å². The SMILES string of the molecule is COc1ccc(/C(C)=N\NC(=O)CN(c2ccccc2)S(=O)(=O)c2ccc(OC)c(OC)c2)cc1OC. The van der Waals surface area contributed by atoms with Crippen LogP contribution >= 0.6 is 0 Å². The van der Waals surface area contributed by atoms with Crippen LogP contribution in [0, 0.1) is 0 Å². The second kappa shape index (κ2) is 12.1. The Kier molecular flexibility index (Phi) is 8.96. The third-order valence-corrected chi connectivity index (χ3v) is 7.19. The minimum Gasteiger partial charge on any atom is -0.493 e. The molecule has 0 heterocycles. The molecule has 0 atom stereocenters. The smallest absolute Gasteiger partial charge is 0.264 e. The lowest BCUT2D eigenvalue weighted by Gasteiger charge is -2.24. The molecule has 0 radical (unpaired) electrons. The van der Waals surface area contributed by atoms with Crippen LogP contribution in [0.5, 0.6) is 23.0 Å². The summed E-state index contributed by atoms with van der Waals surface area (Å²) in [5.41, 5.74) is 3.93. The number of ether oxygens (including phenoxy) is 4. The maximum Gasteiger partial charge on any atom is 0.264 e. The van der Waals surface area contributed by atoms with Gasteiger partial charge < -0.3 is 18.9 Å². The Hall–Kier alpha value is -4.25. The third-order valence-electron chi connectivity index (χ3n) is 5.42. The van der Waals surface area contributed by atoms with E-state index < -0.39 is 22.5 Å². The number of carbonyl (C=O) groups excluding carboxylic acids is 1. The number of nitrogens with one attached hydrogen (secondary N) is 1. The van der Waals surface area contributed by atoms with E-state index in [1.165, 1.54) is 46.6 Å². The van der Waals surface area contributed by atoms with E-state index in [1.54, 1.807) is 55.5 Å². The van der Waals surface area contributed by atoms with Gasteiger partial charge in [-0.1, -0.05) is 18.2 Å². The summed E-state index contributed by atoms with van der Waals surface area (Å²) >= 11 is 0. The molecule has 1 amide bonds. The van der Waals surface area contributed by atoms with Crippen molar-refractivity contribution in [1.29, 1.82) is 0 Å². The lowest BCUT2D eigenvalue weighted by Crippen LogP contribution is -2.39. The molecule has 0 spiro atoms. The number of benzene rings is 3. The number of rotatable bonds is 11. The quantitative estimate of drug-likeness (QED) is 0.300. The standard InChI is InChI=1S/C26H29N3O7S/c1-18(19-11-13-22(33-2)24(15-19)35-4)27-28-26(30)17-29(20-9-7-6-8-10-20)37(31,32)21-12-14-23(34-3)25(16-21)36-5/h6-16H,17H2,1-5H3,(H,28,30)/b27-18-. The summed E-state index contributed by atoms with van der Waals surface area (Å²) in [5.74, 6) is 1.06. The Morgan fingerprint density at radius 3 is 1.97 bits per heavy atom. The number of hydrazone groups is 1. The van der Waals surface area contributed by atoms with E-state index in [-0.39, 0.29) is 10.6 Å². The van der Waals surface area contributed by atoms with Gasteiger partial charge in [0.15, 0.2) is 23.0 Å². The second-order valence-electron chi connectivity index (χ2n) is 7.67. The molecule has 37 heavy (non-hydrogen) atoms. The highest BCUT2D eigenvalue weighted by Crippen LogP contribution is 2.32. The molecule has 196 valence electrons. The van der Waals surface area contributed by atoms with Gasteiger partial charge in [-0.2, -0.15) is 5.10 Å². The van der Waals surface area contributed by atoms with Crippen molar-refractivity contribution in [3.8, 4) is 23.0 Å². The van der Waals surface area contributed by atoms with E-state index in [9.17, 15) is 13.2 Å². The molecule has 3 rings (SSSR count). The van der Waals surface area contributed by atoms with Crippen LogP contribution in [0.4, 0.5) is 5.69 Å². The molecule has 0 bridgehead atoms. The fourth-order valence-corrected chi connectivity index (χ4v) is 4.89. The average Bonchev–Trinajstić information content (AvgIpc) is 2.93. The molecule has 3 aromatic carbocycles. The number of anilines is 1. The van der Waals surface area contributed by atoms with Crippen molar-refractivity contribution >= 4 is 27.3 Å². The fourth-order valence-electron chi connectivity index (χ4n) is 3.45. The van der Waals surface area contributed by atoms with Crippen molar-refractivity contribution < 1.29 is 32.2 Å². The zero-order valence-electron chi connectivity index (χ0n) is 21.2. The molecule has 0 aliphatic rings. The largest absolute Gasteiger partial charge is 0.493 e. The van der Waals surface area contributed by atoms with E-state index in [4.69, 9.17) is 18.9 Å². The number of carbonyl (C=O) groups is 1. The molecule has 11 heteroatoms. The number of sulfonamides is 1. The van der Waals surface area contributed by atoms with Gasteiger partial charge >= 0.3 is 0 Å². The van der Waals surface area contributed by atoms with Gasteiger partial charge in [0.1, 0.15) is 6.54 Å². The van der Waals surface area contributed by atoms with Crippen LogP contribution in [0.2, 0.25) is 0 Å². The predicted molar refractivity (Wildman–Crippen MR) is 140 cm³/mol. The van der Waals surface area contributed by atoms with Crippen LogP contribution < -0.4 is 28.7 Å². The minimum atomic E-state index is -4.16. The molecular weight excluding hydrogens is 498 g/mol. The number of amides is 1. The van der Waals surface area contributed by atoms with Gasteiger partial charge in [-0.15, -0.1) is 0 Å². The molecule has 0 unspecified atom stereocenters. The average molecular weight is 528 g/mol. The minimum absolute atomic E-state index is 0.0631. The number of hydrogen-bond donors (Lipinski definition) is 1. The fraction of sp³-hybridized carbons (Fsp3) is 0.231. The first-order valence-corrected chi connectivity index (χ1v) is 12.5. The first kappa shape index (κ1) is 27.3. The molecule has 3 aromatic rings. The molecule has 0 aromatic heterocycles.